The van der Waals surface area contributed by atoms with Crippen LogP contribution in [-0.2, 0) is 16.2 Å². The van der Waals surface area contributed by atoms with E-state index in [0.717, 1.165) is 17.1 Å². The zero-order chi connectivity index (χ0) is 41.8. The van der Waals surface area contributed by atoms with Crippen LogP contribution in [0.5, 0.6) is 0 Å². The second-order valence-electron chi connectivity index (χ2n) is 18.5. The van der Waals surface area contributed by atoms with Crippen molar-refractivity contribution in [1.29, 1.82) is 0 Å². The van der Waals surface area contributed by atoms with E-state index in [1.54, 1.807) is 0 Å². The van der Waals surface area contributed by atoms with Crippen LogP contribution in [0.25, 0.3) is 33.4 Å². The first-order valence-electron chi connectivity index (χ1n) is 22.0. The smallest absolute Gasteiger partial charge is 0.0728 e. The molecule has 0 heterocycles. The van der Waals surface area contributed by atoms with Crippen molar-refractivity contribution in [3.63, 3.8) is 0 Å². The van der Waals surface area contributed by atoms with Crippen LogP contribution in [0, 0.1) is 6.92 Å². The number of aryl methyl sites for hydroxylation is 1. The maximum atomic E-state index is 2.51. The van der Waals surface area contributed by atoms with Crippen molar-refractivity contribution in [2.75, 3.05) is 4.90 Å². The molecular formula is C61H47N. The Kier molecular flexibility index (Phi) is 7.91. The van der Waals surface area contributed by atoms with Crippen molar-refractivity contribution in [1.82, 2.24) is 0 Å². The highest BCUT2D eigenvalue weighted by atomic mass is 15.1. The van der Waals surface area contributed by atoms with E-state index in [1.807, 2.05) is 0 Å². The van der Waals surface area contributed by atoms with Crippen LogP contribution in [0.15, 0.2) is 212 Å². The second kappa shape index (κ2) is 13.4. The standard InChI is InChI=1S/C61H47N/c1-40-18-17-26-52-49-25-13-16-29-55(49)61(58(40)52)54-28-15-12-24-48(54)51-37-35-46(39-57(51)61)62(44-21-9-6-10-22-44)45-34-36-50-47-23-11-14-27-53(47)60(56(50)38-45,42-19-7-5-8-20-42)43-32-30-41(31-33-43)59(2,3)4/h5-39H,1-4H3. The summed E-state index contributed by atoms with van der Waals surface area (Å²) < 4.78 is 0. The normalized spacial score (nSPS) is 17.5. The van der Waals surface area contributed by atoms with Crippen LogP contribution in [0.1, 0.15) is 76.4 Å². The molecule has 296 valence electrons. The fourth-order valence-electron chi connectivity index (χ4n) is 11.7. The second-order valence-corrected chi connectivity index (χ2v) is 18.5. The lowest BCUT2D eigenvalue weighted by molar-refractivity contribution is 0.589. The summed E-state index contributed by atoms with van der Waals surface area (Å²) in [5.41, 5.74) is 23.6. The zero-order valence-electron chi connectivity index (χ0n) is 35.7. The van der Waals surface area contributed by atoms with E-state index in [2.05, 4.69) is 245 Å². The Morgan fingerprint density at radius 1 is 0.339 bits per heavy atom. The highest BCUT2D eigenvalue weighted by Crippen LogP contribution is 2.64. The molecule has 12 rings (SSSR count). The lowest BCUT2D eigenvalue weighted by atomic mass is 9.67. The van der Waals surface area contributed by atoms with Gasteiger partial charge in [-0.15, -0.1) is 0 Å². The van der Waals surface area contributed by atoms with E-state index in [1.165, 1.54) is 89.0 Å². The largest absolute Gasteiger partial charge is 0.310 e. The first kappa shape index (κ1) is 36.6. The molecule has 3 aliphatic rings. The zero-order valence-corrected chi connectivity index (χ0v) is 35.7. The van der Waals surface area contributed by atoms with Gasteiger partial charge in [-0.05, 0) is 138 Å². The molecule has 0 fully saturated rings. The van der Waals surface area contributed by atoms with Gasteiger partial charge in [0, 0.05) is 17.1 Å². The van der Waals surface area contributed by atoms with Crippen molar-refractivity contribution >= 4 is 17.1 Å². The number of hydrogen-bond acceptors (Lipinski definition) is 1. The first-order valence-corrected chi connectivity index (χ1v) is 22.0. The van der Waals surface area contributed by atoms with E-state index < -0.39 is 10.8 Å². The van der Waals surface area contributed by atoms with Crippen LogP contribution in [0.4, 0.5) is 17.1 Å². The van der Waals surface area contributed by atoms with Crippen LogP contribution in [0.2, 0.25) is 0 Å². The summed E-state index contributed by atoms with van der Waals surface area (Å²) in [4.78, 5) is 2.48. The SMILES string of the molecule is Cc1cccc2c1C1(c3ccccc3-c3ccc(N(c4ccccc4)c4ccc5c(c4)C(c4ccccc4)(c4ccc(C(C)(C)C)cc4)c4ccccc4-5)cc31)c1ccccc1-2. The Labute approximate surface area is 365 Å². The summed E-state index contributed by atoms with van der Waals surface area (Å²) in [5, 5.41) is 0. The topological polar surface area (TPSA) is 3.24 Å². The molecule has 0 saturated carbocycles. The fourth-order valence-corrected chi connectivity index (χ4v) is 11.7. The number of rotatable bonds is 5. The van der Waals surface area contributed by atoms with Crippen LogP contribution in [-0.4, -0.2) is 0 Å². The van der Waals surface area contributed by atoms with Crippen molar-refractivity contribution < 1.29 is 0 Å². The van der Waals surface area contributed by atoms with Crippen LogP contribution < -0.4 is 4.90 Å². The van der Waals surface area contributed by atoms with Crippen molar-refractivity contribution in [3.8, 4) is 33.4 Å². The van der Waals surface area contributed by atoms with Crippen LogP contribution in [0.3, 0.4) is 0 Å². The molecule has 62 heavy (non-hydrogen) atoms. The Hall–Kier alpha value is -7.22. The summed E-state index contributed by atoms with van der Waals surface area (Å²) >= 11 is 0. The van der Waals surface area contributed by atoms with Crippen LogP contribution >= 0.6 is 0 Å². The Bertz CT molecular complexity index is 3210. The van der Waals surface area contributed by atoms with Gasteiger partial charge in [0.1, 0.15) is 0 Å². The average Bonchev–Trinajstić information content (AvgIpc) is 3.90. The van der Waals surface area contributed by atoms with E-state index >= 15 is 0 Å². The lowest BCUT2D eigenvalue weighted by Gasteiger charge is -2.35. The molecule has 1 heteroatoms. The minimum atomic E-state index is -0.527. The van der Waals surface area contributed by atoms with Gasteiger partial charge in [-0.25, -0.2) is 0 Å². The number of nitrogens with zero attached hydrogens (tertiary/aromatic N) is 1. The molecule has 9 aromatic carbocycles. The predicted molar refractivity (Wildman–Crippen MR) is 258 cm³/mol. The molecule has 0 N–H and O–H groups in total. The highest BCUT2D eigenvalue weighted by Gasteiger charge is 2.53. The lowest BCUT2D eigenvalue weighted by Crippen LogP contribution is -2.29. The molecule has 0 aromatic heterocycles. The van der Waals surface area contributed by atoms with Gasteiger partial charge in [-0.2, -0.15) is 0 Å². The van der Waals surface area contributed by atoms with Gasteiger partial charge in [0.25, 0.3) is 0 Å². The minimum Gasteiger partial charge on any atom is -0.310 e. The highest BCUT2D eigenvalue weighted by molar-refractivity contribution is 5.97. The number of fused-ring (bicyclic) bond motifs is 13. The summed E-state index contributed by atoms with van der Waals surface area (Å²) in [5.74, 6) is 0. The Morgan fingerprint density at radius 2 is 0.774 bits per heavy atom. The quantitative estimate of drug-likeness (QED) is 0.168. The predicted octanol–water partition coefficient (Wildman–Crippen LogP) is 15.5. The summed E-state index contributed by atoms with van der Waals surface area (Å²) in [7, 11) is 0. The Morgan fingerprint density at radius 3 is 1.34 bits per heavy atom. The molecule has 1 nitrogen and oxygen atoms in total. The van der Waals surface area contributed by atoms with Gasteiger partial charge in [0.15, 0.2) is 0 Å². The number of anilines is 3. The number of para-hydroxylation sites is 1. The molecule has 0 saturated heterocycles. The summed E-state index contributed by atoms with van der Waals surface area (Å²) in [6, 6.07) is 80.2. The summed E-state index contributed by atoms with van der Waals surface area (Å²) in [6.07, 6.45) is 0. The third-order valence-corrected chi connectivity index (χ3v) is 14.2. The molecule has 0 radical (unpaired) electrons. The molecule has 1 spiro atoms. The third kappa shape index (κ3) is 4.91. The molecule has 2 atom stereocenters. The summed E-state index contributed by atoms with van der Waals surface area (Å²) in [6.45, 7) is 9.19. The monoisotopic (exact) mass is 793 g/mol. The molecule has 9 aromatic rings. The fraction of sp³-hybridized carbons (Fsp3) is 0.115. The van der Waals surface area contributed by atoms with Gasteiger partial charge in [0.05, 0.1) is 10.8 Å². The van der Waals surface area contributed by atoms with Crippen molar-refractivity contribution in [2.24, 2.45) is 0 Å². The molecule has 0 bridgehead atoms. The maximum absolute atomic E-state index is 2.51. The minimum absolute atomic E-state index is 0.0461. The van der Waals surface area contributed by atoms with Gasteiger partial charge in [-0.3, -0.25) is 0 Å². The van der Waals surface area contributed by atoms with Gasteiger partial charge >= 0.3 is 0 Å². The van der Waals surface area contributed by atoms with Crippen molar-refractivity contribution in [3.05, 3.63) is 268 Å². The van der Waals surface area contributed by atoms with E-state index in [0.29, 0.717) is 0 Å². The first-order chi connectivity index (χ1) is 30.3. The molecule has 0 aliphatic heterocycles. The van der Waals surface area contributed by atoms with Gasteiger partial charge in [0.2, 0.25) is 0 Å². The third-order valence-electron chi connectivity index (χ3n) is 14.2. The van der Waals surface area contributed by atoms with Gasteiger partial charge in [-0.1, -0.05) is 197 Å². The molecule has 2 unspecified atom stereocenters. The van der Waals surface area contributed by atoms with E-state index in [9.17, 15) is 0 Å². The number of benzene rings is 9. The van der Waals surface area contributed by atoms with E-state index in [-0.39, 0.29) is 5.41 Å². The molecule has 0 amide bonds. The van der Waals surface area contributed by atoms with Crippen molar-refractivity contribution in [2.45, 2.75) is 43.9 Å². The average molecular weight is 794 g/mol. The maximum Gasteiger partial charge on any atom is 0.0728 e. The van der Waals surface area contributed by atoms with Gasteiger partial charge < -0.3 is 4.90 Å². The molecule has 3 aliphatic carbocycles. The Balaban J connectivity index is 1.12. The van der Waals surface area contributed by atoms with E-state index in [4.69, 9.17) is 0 Å². The molecular weight excluding hydrogens is 747 g/mol. The number of hydrogen-bond donors (Lipinski definition) is 0.